The van der Waals surface area contributed by atoms with E-state index in [1.807, 2.05) is 6.07 Å². The van der Waals surface area contributed by atoms with Crippen LogP contribution in [-0.4, -0.2) is 5.44 Å². The van der Waals surface area contributed by atoms with Crippen LogP contribution in [0.25, 0.3) is 0 Å². The van der Waals surface area contributed by atoms with Crippen molar-refractivity contribution in [3.8, 4) is 5.75 Å². The Hall–Kier alpha value is -0.680. The van der Waals surface area contributed by atoms with Gasteiger partial charge in [0.25, 0.3) is 0 Å². The van der Waals surface area contributed by atoms with Gasteiger partial charge in [0.1, 0.15) is 5.75 Å². The Labute approximate surface area is 119 Å². The van der Waals surface area contributed by atoms with Gasteiger partial charge in [-0.25, -0.2) is 0 Å². The van der Waals surface area contributed by atoms with E-state index in [0.717, 1.165) is 12.2 Å². The molecule has 0 fully saturated rings. The molecule has 0 amide bonds. The molecule has 0 bridgehead atoms. The molecule has 1 heterocycles. The van der Waals surface area contributed by atoms with Crippen LogP contribution < -0.4 is 4.74 Å². The summed E-state index contributed by atoms with van der Waals surface area (Å²) in [5.41, 5.74) is 1.54. The summed E-state index contributed by atoms with van der Waals surface area (Å²) in [5, 5.41) is 0. The van der Waals surface area contributed by atoms with E-state index >= 15 is 0 Å². The molecule has 3 heteroatoms. The van der Waals surface area contributed by atoms with Gasteiger partial charge in [-0.15, -0.1) is 0 Å². The minimum atomic E-state index is 0.211. The van der Waals surface area contributed by atoms with Gasteiger partial charge < -0.3 is 4.74 Å². The Kier molecular flexibility index (Phi) is 3.29. The Morgan fingerprint density at radius 3 is 2.65 bits per heavy atom. The average molecular weight is 354 g/mol. The summed E-state index contributed by atoms with van der Waals surface area (Å²) in [6.07, 6.45) is 0.992. The van der Waals surface area contributed by atoms with Crippen molar-refractivity contribution < 1.29 is 4.74 Å². The summed E-state index contributed by atoms with van der Waals surface area (Å²) in [6.45, 7) is 0. The highest BCUT2D eigenvalue weighted by molar-refractivity contribution is 14.1. The fourth-order valence-electron chi connectivity index (χ4n) is 1.92. The molecule has 0 aliphatic carbocycles. The first-order valence-electron chi connectivity index (χ1n) is 5.49. The quantitative estimate of drug-likeness (QED) is 0.742. The van der Waals surface area contributed by atoms with Crippen LogP contribution in [0.4, 0.5) is 0 Å². The number of hydrogen-bond donors (Lipinski definition) is 0. The van der Waals surface area contributed by atoms with E-state index in [0.29, 0.717) is 0 Å². The molecular weight excluding hydrogens is 343 g/mol. The van der Waals surface area contributed by atoms with Gasteiger partial charge in [0.05, 0.1) is 3.57 Å². The fraction of sp³-hybridized carbons (Fsp3) is 0.143. The maximum atomic E-state index is 6.00. The van der Waals surface area contributed by atoms with Gasteiger partial charge in [-0.2, -0.15) is 0 Å². The lowest BCUT2D eigenvalue weighted by Crippen LogP contribution is -2.07. The number of para-hydroxylation sites is 1. The zero-order valence-corrected chi connectivity index (χ0v) is 12.1. The van der Waals surface area contributed by atoms with Gasteiger partial charge in [-0.05, 0) is 46.4 Å². The Balaban J connectivity index is 1.77. The number of ether oxygens (including phenoxy) is 1. The van der Waals surface area contributed by atoms with E-state index < -0.39 is 0 Å². The molecule has 0 aromatic heterocycles. The normalized spacial score (nSPS) is 17.6. The predicted molar refractivity (Wildman–Crippen MR) is 79.6 cm³/mol. The second-order valence-corrected chi connectivity index (χ2v) is 6.31. The lowest BCUT2D eigenvalue weighted by Gasteiger charge is -2.10. The topological polar surface area (TPSA) is 9.23 Å². The summed E-state index contributed by atoms with van der Waals surface area (Å²) in [7, 11) is 0. The van der Waals surface area contributed by atoms with Crippen molar-refractivity contribution in [2.24, 2.45) is 0 Å². The van der Waals surface area contributed by atoms with Crippen LogP contribution in [0.1, 0.15) is 5.56 Å². The molecule has 2 aromatic rings. The van der Waals surface area contributed by atoms with E-state index in [-0.39, 0.29) is 5.44 Å². The standard InChI is InChI=1S/C14H11IOS/c15-12-8-4-5-10-9-13(16-14(10)12)17-11-6-2-1-3-7-11/h1-8,13H,9H2. The van der Waals surface area contributed by atoms with Crippen LogP contribution in [0.5, 0.6) is 5.75 Å². The van der Waals surface area contributed by atoms with Gasteiger partial charge in [0.2, 0.25) is 0 Å². The van der Waals surface area contributed by atoms with E-state index in [4.69, 9.17) is 4.74 Å². The number of hydrogen-bond acceptors (Lipinski definition) is 2. The lowest BCUT2D eigenvalue weighted by molar-refractivity contribution is 0.321. The average Bonchev–Trinajstić information content (AvgIpc) is 2.74. The SMILES string of the molecule is Ic1cccc2c1OC(Sc1ccccc1)C2. The molecule has 17 heavy (non-hydrogen) atoms. The highest BCUT2D eigenvalue weighted by atomic mass is 127. The lowest BCUT2D eigenvalue weighted by atomic mass is 10.2. The van der Waals surface area contributed by atoms with Crippen molar-refractivity contribution in [2.45, 2.75) is 16.8 Å². The maximum Gasteiger partial charge on any atom is 0.153 e. The van der Waals surface area contributed by atoms with Gasteiger partial charge in [0.15, 0.2) is 5.44 Å². The molecule has 1 aliphatic heterocycles. The monoisotopic (exact) mass is 354 g/mol. The van der Waals surface area contributed by atoms with E-state index in [2.05, 4.69) is 65.1 Å². The molecule has 86 valence electrons. The minimum Gasteiger partial charge on any atom is -0.478 e. The smallest absolute Gasteiger partial charge is 0.153 e. The summed E-state index contributed by atoms with van der Waals surface area (Å²) in [6, 6.07) is 16.8. The third-order valence-electron chi connectivity index (χ3n) is 2.70. The third-order valence-corrected chi connectivity index (χ3v) is 4.61. The highest BCUT2D eigenvalue weighted by Crippen LogP contribution is 2.39. The first-order chi connectivity index (χ1) is 8.33. The Morgan fingerprint density at radius 2 is 1.88 bits per heavy atom. The predicted octanol–water partition coefficient (Wildman–Crippen LogP) is 4.34. The van der Waals surface area contributed by atoms with E-state index in [1.165, 1.54) is 14.0 Å². The number of benzene rings is 2. The Morgan fingerprint density at radius 1 is 1.06 bits per heavy atom. The number of rotatable bonds is 2. The first-order valence-corrected chi connectivity index (χ1v) is 7.44. The molecule has 2 aromatic carbocycles. The van der Waals surface area contributed by atoms with Crippen LogP contribution >= 0.6 is 34.4 Å². The molecule has 0 spiro atoms. The van der Waals surface area contributed by atoms with E-state index in [9.17, 15) is 0 Å². The fourth-order valence-corrected chi connectivity index (χ4v) is 3.62. The molecule has 1 atom stereocenters. The van der Waals surface area contributed by atoms with Gasteiger partial charge in [-0.1, -0.05) is 42.1 Å². The molecular formula is C14H11IOS. The molecule has 0 radical (unpaired) electrons. The van der Waals surface area contributed by atoms with Crippen LogP contribution in [-0.2, 0) is 6.42 Å². The Bertz CT molecular complexity index is 527. The van der Waals surface area contributed by atoms with Crippen LogP contribution in [0.2, 0.25) is 0 Å². The number of thioether (sulfide) groups is 1. The summed E-state index contributed by atoms with van der Waals surface area (Å²) in [5.74, 6) is 1.07. The highest BCUT2D eigenvalue weighted by Gasteiger charge is 2.25. The van der Waals surface area contributed by atoms with Gasteiger partial charge in [-0.3, -0.25) is 0 Å². The minimum absolute atomic E-state index is 0.211. The van der Waals surface area contributed by atoms with Crippen LogP contribution in [0.3, 0.4) is 0 Å². The molecule has 1 nitrogen and oxygen atoms in total. The molecule has 3 rings (SSSR count). The second kappa shape index (κ2) is 4.90. The zero-order chi connectivity index (χ0) is 11.7. The van der Waals surface area contributed by atoms with Crippen molar-refractivity contribution in [1.29, 1.82) is 0 Å². The summed E-state index contributed by atoms with van der Waals surface area (Å²) in [4.78, 5) is 1.26. The summed E-state index contributed by atoms with van der Waals surface area (Å²) < 4.78 is 7.20. The van der Waals surface area contributed by atoms with Crippen molar-refractivity contribution in [3.63, 3.8) is 0 Å². The van der Waals surface area contributed by atoms with E-state index in [1.54, 1.807) is 11.8 Å². The number of fused-ring (bicyclic) bond motifs is 1. The molecule has 0 saturated heterocycles. The summed E-state index contributed by atoms with van der Waals surface area (Å²) >= 11 is 4.12. The zero-order valence-electron chi connectivity index (χ0n) is 9.10. The molecule has 0 saturated carbocycles. The third kappa shape index (κ3) is 2.45. The second-order valence-electron chi connectivity index (χ2n) is 3.91. The van der Waals surface area contributed by atoms with Crippen molar-refractivity contribution in [1.82, 2.24) is 0 Å². The van der Waals surface area contributed by atoms with Crippen molar-refractivity contribution in [3.05, 3.63) is 57.7 Å². The molecule has 1 aliphatic rings. The van der Waals surface area contributed by atoms with Gasteiger partial charge in [0, 0.05) is 11.3 Å². The van der Waals surface area contributed by atoms with Crippen molar-refractivity contribution in [2.75, 3.05) is 0 Å². The first kappa shape index (κ1) is 11.4. The maximum absolute atomic E-state index is 6.00. The van der Waals surface area contributed by atoms with Crippen molar-refractivity contribution >= 4 is 34.4 Å². The van der Waals surface area contributed by atoms with Crippen LogP contribution in [0.15, 0.2) is 53.4 Å². The largest absolute Gasteiger partial charge is 0.478 e. The van der Waals surface area contributed by atoms with Gasteiger partial charge >= 0.3 is 0 Å². The molecule has 0 N–H and O–H groups in total. The van der Waals surface area contributed by atoms with Crippen LogP contribution in [0, 0.1) is 3.57 Å². The number of halogens is 1. The molecule has 1 unspecified atom stereocenters.